The van der Waals surface area contributed by atoms with Crippen molar-refractivity contribution in [3.05, 3.63) is 12.3 Å². The second kappa shape index (κ2) is 1.78. The van der Waals surface area contributed by atoms with E-state index in [-0.39, 0.29) is 5.79 Å². The molecule has 1 atom stereocenters. The van der Waals surface area contributed by atoms with Crippen LogP contribution in [0, 0.1) is 0 Å². The molecule has 0 N–H and O–H groups in total. The van der Waals surface area contributed by atoms with Crippen LogP contribution in [0.1, 0.15) is 13.3 Å². The van der Waals surface area contributed by atoms with Crippen molar-refractivity contribution in [2.24, 2.45) is 0 Å². The minimum absolute atomic E-state index is 0.375. The largest absolute Gasteiger partial charge is 0.470 e. The van der Waals surface area contributed by atoms with Crippen LogP contribution in [0.15, 0.2) is 12.3 Å². The van der Waals surface area contributed by atoms with Crippen molar-refractivity contribution < 1.29 is 9.47 Å². The first-order valence-electron chi connectivity index (χ1n) is 2.65. The Morgan fingerprint density at radius 1 is 1.75 bits per heavy atom. The van der Waals surface area contributed by atoms with Gasteiger partial charge >= 0.3 is 0 Å². The third kappa shape index (κ3) is 0.842. The first-order chi connectivity index (χ1) is 3.77. The molecule has 0 aromatic carbocycles. The third-order valence-corrected chi connectivity index (χ3v) is 1.33. The molecule has 0 radical (unpaired) electrons. The van der Waals surface area contributed by atoms with Gasteiger partial charge in [-0.1, -0.05) is 0 Å². The Morgan fingerprint density at radius 2 is 2.50 bits per heavy atom. The van der Waals surface area contributed by atoms with E-state index in [1.165, 1.54) is 0 Å². The molecule has 0 aromatic heterocycles. The SMILES string of the molecule is COC1(C)CC=CO1. The van der Waals surface area contributed by atoms with Gasteiger partial charge in [-0.25, -0.2) is 0 Å². The van der Waals surface area contributed by atoms with Crippen molar-refractivity contribution in [1.82, 2.24) is 0 Å². The van der Waals surface area contributed by atoms with Gasteiger partial charge in [0.05, 0.1) is 6.26 Å². The quantitative estimate of drug-likeness (QED) is 0.511. The van der Waals surface area contributed by atoms with Gasteiger partial charge in [0, 0.05) is 20.5 Å². The standard InChI is InChI=1S/C6H10O2/c1-6(7-2)4-3-5-8-6/h3,5H,4H2,1-2H3. The van der Waals surface area contributed by atoms with Gasteiger partial charge in [-0.3, -0.25) is 0 Å². The molecule has 0 fully saturated rings. The number of methoxy groups -OCH3 is 1. The van der Waals surface area contributed by atoms with E-state index in [0.29, 0.717) is 0 Å². The van der Waals surface area contributed by atoms with Crippen molar-refractivity contribution in [2.45, 2.75) is 19.1 Å². The van der Waals surface area contributed by atoms with Gasteiger partial charge in [-0.15, -0.1) is 0 Å². The van der Waals surface area contributed by atoms with Crippen LogP contribution in [0.5, 0.6) is 0 Å². The molecule has 46 valence electrons. The number of hydrogen-bond donors (Lipinski definition) is 0. The Morgan fingerprint density at radius 3 is 2.75 bits per heavy atom. The van der Waals surface area contributed by atoms with Crippen molar-refractivity contribution in [1.29, 1.82) is 0 Å². The zero-order valence-electron chi connectivity index (χ0n) is 5.18. The van der Waals surface area contributed by atoms with E-state index in [2.05, 4.69) is 0 Å². The first-order valence-corrected chi connectivity index (χ1v) is 2.65. The highest BCUT2D eigenvalue weighted by molar-refractivity contribution is 4.89. The van der Waals surface area contributed by atoms with E-state index < -0.39 is 0 Å². The Balaban J connectivity index is 2.46. The van der Waals surface area contributed by atoms with Crippen LogP contribution >= 0.6 is 0 Å². The molecule has 0 saturated heterocycles. The summed E-state index contributed by atoms with van der Waals surface area (Å²) >= 11 is 0. The number of rotatable bonds is 1. The van der Waals surface area contributed by atoms with Crippen molar-refractivity contribution in [2.75, 3.05) is 7.11 Å². The highest BCUT2D eigenvalue weighted by Gasteiger charge is 2.25. The van der Waals surface area contributed by atoms with E-state index >= 15 is 0 Å². The summed E-state index contributed by atoms with van der Waals surface area (Å²) in [6.07, 6.45) is 4.47. The number of hydrogen-bond acceptors (Lipinski definition) is 2. The Labute approximate surface area is 49.1 Å². The first kappa shape index (κ1) is 5.63. The average molecular weight is 114 g/mol. The van der Waals surface area contributed by atoms with Crippen molar-refractivity contribution in [3.8, 4) is 0 Å². The summed E-state index contributed by atoms with van der Waals surface area (Å²) in [7, 11) is 1.65. The minimum atomic E-state index is -0.375. The van der Waals surface area contributed by atoms with Gasteiger partial charge in [-0.2, -0.15) is 0 Å². The molecule has 1 unspecified atom stereocenters. The molecule has 0 spiro atoms. The normalized spacial score (nSPS) is 35.2. The van der Waals surface area contributed by atoms with Crippen LogP contribution in [0.4, 0.5) is 0 Å². The van der Waals surface area contributed by atoms with Gasteiger partial charge in [0.25, 0.3) is 0 Å². The second-order valence-corrected chi connectivity index (χ2v) is 2.03. The smallest absolute Gasteiger partial charge is 0.210 e. The Hall–Kier alpha value is -0.500. The predicted octanol–water partition coefficient (Wildman–Crippen LogP) is 1.28. The summed E-state index contributed by atoms with van der Waals surface area (Å²) in [5.74, 6) is -0.375. The average Bonchev–Trinajstić information content (AvgIpc) is 2.17. The molecule has 0 bridgehead atoms. The predicted molar refractivity (Wildman–Crippen MR) is 30.3 cm³/mol. The fourth-order valence-electron chi connectivity index (χ4n) is 0.634. The summed E-state index contributed by atoms with van der Waals surface area (Å²) in [6, 6.07) is 0. The lowest BCUT2D eigenvalue weighted by Gasteiger charge is -2.20. The fraction of sp³-hybridized carbons (Fsp3) is 0.667. The van der Waals surface area contributed by atoms with E-state index in [1.807, 2.05) is 13.0 Å². The maximum absolute atomic E-state index is 5.09. The van der Waals surface area contributed by atoms with Gasteiger partial charge in [0.15, 0.2) is 0 Å². The molecular weight excluding hydrogens is 104 g/mol. The third-order valence-electron chi connectivity index (χ3n) is 1.33. The molecule has 0 aliphatic carbocycles. The van der Waals surface area contributed by atoms with E-state index in [9.17, 15) is 0 Å². The van der Waals surface area contributed by atoms with Crippen molar-refractivity contribution >= 4 is 0 Å². The summed E-state index contributed by atoms with van der Waals surface area (Å²) in [4.78, 5) is 0. The molecule has 1 aliphatic rings. The molecule has 8 heavy (non-hydrogen) atoms. The van der Waals surface area contributed by atoms with Crippen LogP contribution in [0.2, 0.25) is 0 Å². The molecule has 1 aliphatic heterocycles. The summed E-state index contributed by atoms with van der Waals surface area (Å²) in [5.41, 5.74) is 0. The highest BCUT2D eigenvalue weighted by Crippen LogP contribution is 2.22. The molecule has 2 heteroatoms. The lowest BCUT2D eigenvalue weighted by atomic mass is 10.2. The van der Waals surface area contributed by atoms with E-state index in [1.54, 1.807) is 13.4 Å². The van der Waals surface area contributed by atoms with Gasteiger partial charge in [0.1, 0.15) is 0 Å². The Bertz CT molecular complexity index is 99.1. The monoisotopic (exact) mass is 114 g/mol. The minimum Gasteiger partial charge on any atom is -0.470 e. The summed E-state index contributed by atoms with van der Waals surface area (Å²) < 4.78 is 10.1. The van der Waals surface area contributed by atoms with Crippen LogP contribution < -0.4 is 0 Å². The maximum Gasteiger partial charge on any atom is 0.210 e. The van der Waals surface area contributed by atoms with Crippen LogP contribution in [0.25, 0.3) is 0 Å². The molecule has 0 aromatic rings. The highest BCUT2D eigenvalue weighted by atomic mass is 16.7. The van der Waals surface area contributed by atoms with Crippen LogP contribution in [0.3, 0.4) is 0 Å². The van der Waals surface area contributed by atoms with Gasteiger partial charge in [-0.05, 0) is 6.08 Å². The lowest BCUT2D eigenvalue weighted by molar-refractivity contribution is -0.161. The molecular formula is C6H10O2. The summed E-state index contributed by atoms with van der Waals surface area (Å²) in [5, 5.41) is 0. The van der Waals surface area contributed by atoms with Gasteiger partial charge < -0.3 is 9.47 Å². The van der Waals surface area contributed by atoms with Gasteiger partial charge in [0.2, 0.25) is 5.79 Å². The van der Waals surface area contributed by atoms with E-state index in [0.717, 1.165) is 6.42 Å². The molecule has 0 saturated carbocycles. The molecule has 1 heterocycles. The maximum atomic E-state index is 5.09. The number of ether oxygens (including phenoxy) is 2. The fourth-order valence-corrected chi connectivity index (χ4v) is 0.634. The zero-order chi connectivity index (χ0) is 6.04. The lowest BCUT2D eigenvalue weighted by Crippen LogP contribution is -2.24. The van der Waals surface area contributed by atoms with Crippen LogP contribution in [-0.4, -0.2) is 12.9 Å². The van der Waals surface area contributed by atoms with E-state index in [4.69, 9.17) is 9.47 Å². The molecule has 1 rings (SSSR count). The summed E-state index contributed by atoms with van der Waals surface area (Å²) in [6.45, 7) is 1.91. The second-order valence-electron chi connectivity index (χ2n) is 2.03. The molecule has 2 nitrogen and oxygen atoms in total. The molecule has 0 amide bonds. The zero-order valence-corrected chi connectivity index (χ0v) is 5.18. The van der Waals surface area contributed by atoms with Crippen molar-refractivity contribution in [3.63, 3.8) is 0 Å². The van der Waals surface area contributed by atoms with Crippen LogP contribution in [-0.2, 0) is 9.47 Å². The topological polar surface area (TPSA) is 18.5 Å². The Kier molecular flexibility index (Phi) is 1.26.